The molecule has 0 aliphatic rings. The average molecular weight is 358 g/mol. The van der Waals surface area contributed by atoms with Gasteiger partial charge in [-0.3, -0.25) is 0 Å². The summed E-state index contributed by atoms with van der Waals surface area (Å²) in [4.78, 5) is 0. The summed E-state index contributed by atoms with van der Waals surface area (Å²) in [6, 6.07) is 14.7. The predicted molar refractivity (Wildman–Crippen MR) is 95.3 cm³/mol. The topological polar surface area (TPSA) is 50.7 Å². The molecule has 2 rings (SSSR count). The third-order valence-electron chi connectivity index (χ3n) is 2.93. The second-order valence-electron chi connectivity index (χ2n) is 4.88. The van der Waals surface area contributed by atoms with E-state index < -0.39 is 0 Å². The van der Waals surface area contributed by atoms with Crippen LogP contribution in [0.15, 0.2) is 48.5 Å². The molecule has 0 heterocycles. The van der Waals surface area contributed by atoms with Gasteiger partial charge in [0.25, 0.3) is 0 Å². The van der Waals surface area contributed by atoms with Gasteiger partial charge in [-0.25, -0.2) is 0 Å². The fraction of sp³-hybridized carbons (Fsp3) is 0.294. The van der Waals surface area contributed by atoms with Gasteiger partial charge < -0.3 is 19.9 Å². The Balaban J connectivity index is 0.00000264. The summed E-state index contributed by atoms with van der Waals surface area (Å²) in [7, 11) is 0. The van der Waals surface area contributed by atoms with E-state index in [0.717, 1.165) is 17.2 Å². The number of aliphatic hydroxyl groups excluding tert-OH is 1. The molecule has 0 saturated heterocycles. The lowest BCUT2D eigenvalue weighted by atomic mass is 10.3. The third kappa shape index (κ3) is 7.10. The Bertz CT molecular complexity index is 561. The van der Waals surface area contributed by atoms with Crippen LogP contribution >= 0.6 is 24.0 Å². The number of ether oxygens (including phenoxy) is 2. The van der Waals surface area contributed by atoms with Crippen LogP contribution in [0.4, 0.5) is 0 Å². The van der Waals surface area contributed by atoms with E-state index in [1.54, 1.807) is 12.1 Å². The smallest absolute Gasteiger partial charge is 0.127 e. The molecule has 1 unspecified atom stereocenters. The van der Waals surface area contributed by atoms with E-state index in [-0.39, 0.29) is 25.1 Å². The molecule has 2 aromatic rings. The van der Waals surface area contributed by atoms with Crippen molar-refractivity contribution in [2.45, 2.75) is 13.0 Å². The van der Waals surface area contributed by atoms with Gasteiger partial charge in [0, 0.05) is 18.1 Å². The van der Waals surface area contributed by atoms with Crippen LogP contribution in [0.5, 0.6) is 17.2 Å². The highest BCUT2D eigenvalue weighted by molar-refractivity contribution is 6.30. The van der Waals surface area contributed by atoms with Crippen molar-refractivity contribution in [3.63, 3.8) is 0 Å². The van der Waals surface area contributed by atoms with Crippen molar-refractivity contribution >= 4 is 24.0 Å². The Morgan fingerprint density at radius 1 is 1.00 bits per heavy atom. The molecule has 0 aliphatic heterocycles. The van der Waals surface area contributed by atoms with Crippen molar-refractivity contribution in [3.05, 3.63) is 53.6 Å². The van der Waals surface area contributed by atoms with Gasteiger partial charge in [0.15, 0.2) is 0 Å². The van der Waals surface area contributed by atoms with Gasteiger partial charge in [-0.15, -0.1) is 12.4 Å². The largest absolute Gasteiger partial charge is 0.489 e. The first-order valence-corrected chi connectivity index (χ1v) is 7.57. The molecule has 4 nitrogen and oxygen atoms in total. The number of halogens is 2. The molecular weight excluding hydrogens is 337 g/mol. The minimum atomic E-state index is 0. The van der Waals surface area contributed by atoms with Crippen molar-refractivity contribution in [3.8, 4) is 17.2 Å². The summed E-state index contributed by atoms with van der Waals surface area (Å²) >= 11 is 5.84. The molecule has 0 spiro atoms. The van der Waals surface area contributed by atoms with Crippen molar-refractivity contribution in [1.82, 2.24) is 5.32 Å². The lowest BCUT2D eigenvalue weighted by Crippen LogP contribution is -2.30. The van der Waals surface area contributed by atoms with Crippen LogP contribution in [0.25, 0.3) is 0 Å². The molecule has 6 heteroatoms. The van der Waals surface area contributed by atoms with Crippen LogP contribution in [0.3, 0.4) is 0 Å². The first-order valence-electron chi connectivity index (χ1n) is 7.19. The van der Waals surface area contributed by atoms with E-state index in [1.807, 2.05) is 43.3 Å². The molecule has 0 aromatic heterocycles. The second-order valence-corrected chi connectivity index (χ2v) is 5.32. The van der Waals surface area contributed by atoms with Crippen LogP contribution in [0.2, 0.25) is 5.02 Å². The number of rotatable bonds is 8. The van der Waals surface area contributed by atoms with E-state index in [4.69, 9.17) is 26.2 Å². The fourth-order valence-electron chi connectivity index (χ4n) is 1.88. The van der Waals surface area contributed by atoms with Gasteiger partial charge in [0.1, 0.15) is 23.4 Å². The molecule has 23 heavy (non-hydrogen) atoms. The monoisotopic (exact) mass is 357 g/mol. The minimum absolute atomic E-state index is 0. The maximum atomic E-state index is 8.71. The third-order valence-corrected chi connectivity index (χ3v) is 3.18. The normalized spacial score (nSPS) is 11.4. The summed E-state index contributed by atoms with van der Waals surface area (Å²) in [6.07, 6.45) is 0.0228. The molecule has 2 N–H and O–H groups in total. The van der Waals surface area contributed by atoms with Gasteiger partial charge in [0.05, 0.1) is 6.61 Å². The molecule has 2 aromatic carbocycles. The fourth-order valence-corrected chi connectivity index (χ4v) is 2.01. The van der Waals surface area contributed by atoms with E-state index in [1.165, 1.54) is 0 Å². The predicted octanol–water partition coefficient (Wildman–Crippen LogP) is 3.90. The Labute approximate surface area is 147 Å². The molecule has 126 valence electrons. The second kappa shape index (κ2) is 10.3. The minimum Gasteiger partial charge on any atom is -0.489 e. The van der Waals surface area contributed by atoms with Crippen LogP contribution in [0, 0.1) is 0 Å². The molecule has 0 radical (unpaired) electrons. The maximum absolute atomic E-state index is 8.71. The van der Waals surface area contributed by atoms with E-state index in [2.05, 4.69) is 5.32 Å². The zero-order valence-corrected chi connectivity index (χ0v) is 14.4. The summed E-state index contributed by atoms with van der Waals surface area (Å²) in [5.74, 6) is 2.25. The molecule has 0 saturated carbocycles. The van der Waals surface area contributed by atoms with Crippen molar-refractivity contribution in [2.24, 2.45) is 0 Å². The van der Waals surface area contributed by atoms with E-state index in [0.29, 0.717) is 18.1 Å². The quantitative estimate of drug-likeness (QED) is 0.703. The maximum Gasteiger partial charge on any atom is 0.127 e. The number of aliphatic hydroxyl groups is 1. The van der Waals surface area contributed by atoms with E-state index in [9.17, 15) is 0 Å². The van der Waals surface area contributed by atoms with E-state index >= 15 is 0 Å². The Kier molecular flexibility index (Phi) is 8.81. The zero-order valence-electron chi connectivity index (χ0n) is 12.9. The van der Waals surface area contributed by atoms with Crippen LogP contribution in [-0.4, -0.2) is 30.9 Å². The van der Waals surface area contributed by atoms with Crippen LogP contribution < -0.4 is 14.8 Å². The van der Waals surface area contributed by atoms with Crippen molar-refractivity contribution in [1.29, 1.82) is 0 Å². The lowest BCUT2D eigenvalue weighted by Gasteiger charge is -2.15. The van der Waals surface area contributed by atoms with Gasteiger partial charge >= 0.3 is 0 Å². The van der Waals surface area contributed by atoms with Crippen molar-refractivity contribution < 1.29 is 14.6 Å². The van der Waals surface area contributed by atoms with Gasteiger partial charge in [0.2, 0.25) is 0 Å². The highest BCUT2D eigenvalue weighted by Crippen LogP contribution is 2.25. The highest BCUT2D eigenvalue weighted by Gasteiger charge is 2.04. The first-order chi connectivity index (χ1) is 10.7. The first kappa shape index (κ1) is 19.6. The average Bonchev–Trinajstić information content (AvgIpc) is 2.52. The number of hydrogen-bond acceptors (Lipinski definition) is 4. The molecule has 1 atom stereocenters. The molecule has 0 bridgehead atoms. The highest BCUT2D eigenvalue weighted by atomic mass is 35.5. The lowest BCUT2D eigenvalue weighted by molar-refractivity contribution is 0.210. The number of hydrogen-bond donors (Lipinski definition) is 2. The summed E-state index contributed by atoms with van der Waals surface area (Å²) < 4.78 is 11.5. The number of benzene rings is 2. The van der Waals surface area contributed by atoms with Crippen LogP contribution in [0.1, 0.15) is 6.92 Å². The van der Waals surface area contributed by atoms with Crippen LogP contribution in [-0.2, 0) is 0 Å². The number of nitrogens with one attached hydrogen (secondary N) is 1. The van der Waals surface area contributed by atoms with Crippen molar-refractivity contribution in [2.75, 3.05) is 19.7 Å². The SMILES string of the molecule is CC(CNCCO)Oc1ccc(Oc2ccc(Cl)cc2)cc1.Cl. The summed E-state index contributed by atoms with van der Waals surface area (Å²) in [5, 5.41) is 12.5. The Hall–Kier alpha value is -1.46. The molecule has 0 amide bonds. The Morgan fingerprint density at radius 2 is 1.52 bits per heavy atom. The molecular formula is C17H21Cl2NO3. The van der Waals surface area contributed by atoms with Gasteiger partial charge in [-0.2, -0.15) is 0 Å². The summed E-state index contributed by atoms with van der Waals surface area (Å²) in [5.41, 5.74) is 0. The zero-order chi connectivity index (χ0) is 15.8. The summed E-state index contributed by atoms with van der Waals surface area (Å²) in [6.45, 7) is 3.36. The molecule has 0 aliphatic carbocycles. The standard InChI is InChI=1S/C17H20ClNO3.ClH/c1-13(12-19-10-11-20)21-15-6-8-17(9-7-15)22-16-4-2-14(18)3-5-16;/h2-9,13,19-20H,10-12H2,1H3;1H. The molecule has 0 fully saturated rings. The Morgan fingerprint density at radius 3 is 2.09 bits per heavy atom. The van der Waals surface area contributed by atoms with Gasteiger partial charge in [-0.05, 0) is 55.5 Å². The van der Waals surface area contributed by atoms with Gasteiger partial charge in [-0.1, -0.05) is 11.6 Å².